The van der Waals surface area contributed by atoms with Gasteiger partial charge in [0.05, 0.1) is 0 Å². The molecule has 1 aromatic carbocycles. The van der Waals surface area contributed by atoms with Gasteiger partial charge in [0.2, 0.25) is 0 Å². The molecule has 1 aromatic heterocycles. The van der Waals surface area contributed by atoms with E-state index < -0.39 is 0 Å². The highest BCUT2D eigenvalue weighted by molar-refractivity contribution is 5.92. The summed E-state index contributed by atoms with van der Waals surface area (Å²) in [7, 11) is 0. The highest BCUT2D eigenvalue weighted by Gasteiger charge is 2.23. The monoisotopic (exact) mass is 270 g/mol. The van der Waals surface area contributed by atoms with Gasteiger partial charge >= 0.3 is 0 Å². The molecule has 0 spiro atoms. The molecular formula is C14H14N4O2. The lowest BCUT2D eigenvalue weighted by Crippen LogP contribution is -2.37. The van der Waals surface area contributed by atoms with Gasteiger partial charge in [0.15, 0.2) is 0 Å². The quantitative estimate of drug-likeness (QED) is 0.740. The van der Waals surface area contributed by atoms with Gasteiger partial charge in [-0.2, -0.15) is 5.10 Å². The molecule has 0 aliphatic carbocycles. The molecule has 3 N–H and O–H groups in total. The molecule has 2 heterocycles. The number of hydrogen-bond acceptors (Lipinski definition) is 4. The van der Waals surface area contributed by atoms with Crippen LogP contribution in [-0.4, -0.2) is 27.5 Å². The second-order valence-electron chi connectivity index (χ2n) is 4.77. The molecule has 2 aromatic rings. The molecule has 1 aliphatic rings. The zero-order valence-electron chi connectivity index (χ0n) is 10.8. The molecule has 0 saturated carbocycles. The van der Waals surface area contributed by atoms with E-state index in [0.29, 0.717) is 18.8 Å². The number of nitrogens with one attached hydrogen (secondary N) is 1. The van der Waals surface area contributed by atoms with E-state index in [1.165, 1.54) is 17.7 Å². The fourth-order valence-corrected chi connectivity index (χ4v) is 2.41. The second-order valence-corrected chi connectivity index (χ2v) is 4.77. The molecule has 6 nitrogen and oxygen atoms in total. The van der Waals surface area contributed by atoms with E-state index in [1.54, 1.807) is 4.90 Å². The molecule has 20 heavy (non-hydrogen) atoms. The van der Waals surface area contributed by atoms with Crippen LogP contribution in [0.5, 0.6) is 0 Å². The van der Waals surface area contributed by atoms with Crippen molar-refractivity contribution >= 4 is 11.6 Å². The minimum Gasteiger partial charge on any atom is -0.398 e. The summed E-state index contributed by atoms with van der Waals surface area (Å²) in [4.78, 5) is 25.0. The van der Waals surface area contributed by atoms with E-state index in [9.17, 15) is 9.59 Å². The van der Waals surface area contributed by atoms with Crippen LogP contribution in [0, 0.1) is 0 Å². The van der Waals surface area contributed by atoms with Gasteiger partial charge in [0, 0.05) is 24.8 Å². The average molecular weight is 270 g/mol. The lowest BCUT2D eigenvalue weighted by Gasteiger charge is -2.29. The normalized spacial score (nSPS) is 13.9. The summed E-state index contributed by atoms with van der Waals surface area (Å²) >= 11 is 0. The van der Waals surface area contributed by atoms with Crippen LogP contribution >= 0.6 is 0 Å². The smallest absolute Gasteiger partial charge is 0.274 e. The van der Waals surface area contributed by atoms with Crippen LogP contribution < -0.4 is 11.3 Å². The van der Waals surface area contributed by atoms with Crippen molar-refractivity contribution in [2.24, 2.45) is 0 Å². The third kappa shape index (κ3) is 2.16. The molecular weight excluding hydrogens is 256 g/mol. The number of carbonyl (C=O) groups is 1. The third-order valence-electron chi connectivity index (χ3n) is 3.49. The summed E-state index contributed by atoms with van der Waals surface area (Å²) < 4.78 is 0. The summed E-state index contributed by atoms with van der Waals surface area (Å²) in [5.74, 6) is -0.199. The molecule has 0 bridgehead atoms. The Morgan fingerprint density at radius 3 is 2.90 bits per heavy atom. The van der Waals surface area contributed by atoms with Gasteiger partial charge in [-0.25, -0.2) is 5.10 Å². The summed E-state index contributed by atoms with van der Waals surface area (Å²) in [6, 6.07) is 8.53. The van der Waals surface area contributed by atoms with Crippen molar-refractivity contribution < 1.29 is 4.79 Å². The molecule has 3 rings (SSSR count). The molecule has 6 heteroatoms. The first-order valence-corrected chi connectivity index (χ1v) is 6.36. The van der Waals surface area contributed by atoms with Gasteiger partial charge in [-0.05, 0) is 29.7 Å². The average Bonchev–Trinajstić information content (AvgIpc) is 2.47. The maximum absolute atomic E-state index is 12.3. The molecule has 0 unspecified atom stereocenters. The highest BCUT2D eigenvalue weighted by Crippen LogP contribution is 2.24. The Bertz CT molecular complexity index is 703. The van der Waals surface area contributed by atoms with Crippen LogP contribution in [0.3, 0.4) is 0 Å². The number of aromatic nitrogens is 2. The number of nitrogen functional groups attached to an aromatic ring is 1. The minimum atomic E-state index is -0.324. The predicted molar refractivity (Wildman–Crippen MR) is 74.2 cm³/mol. The summed E-state index contributed by atoms with van der Waals surface area (Å²) in [5.41, 5.74) is 8.76. The molecule has 0 saturated heterocycles. The van der Waals surface area contributed by atoms with Crippen LogP contribution in [0.1, 0.15) is 21.6 Å². The third-order valence-corrected chi connectivity index (χ3v) is 3.49. The first kappa shape index (κ1) is 12.4. The highest BCUT2D eigenvalue weighted by atomic mass is 16.2. The Balaban J connectivity index is 1.86. The number of anilines is 1. The van der Waals surface area contributed by atoms with Crippen LogP contribution in [0.2, 0.25) is 0 Å². The van der Waals surface area contributed by atoms with Crippen LogP contribution in [-0.2, 0) is 13.0 Å². The van der Waals surface area contributed by atoms with Crippen molar-refractivity contribution in [1.82, 2.24) is 15.1 Å². The maximum Gasteiger partial charge on any atom is 0.274 e. The molecule has 1 aliphatic heterocycles. The lowest BCUT2D eigenvalue weighted by molar-refractivity contribution is 0.0728. The van der Waals surface area contributed by atoms with Crippen LogP contribution in [0.4, 0.5) is 5.69 Å². The van der Waals surface area contributed by atoms with Gasteiger partial charge in [-0.1, -0.05) is 12.1 Å². The van der Waals surface area contributed by atoms with Crippen LogP contribution in [0.25, 0.3) is 0 Å². The number of rotatable bonds is 1. The number of hydrogen-bond donors (Lipinski definition) is 2. The Morgan fingerprint density at radius 1 is 1.30 bits per heavy atom. The maximum atomic E-state index is 12.3. The molecule has 0 radical (unpaired) electrons. The van der Waals surface area contributed by atoms with E-state index in [4.69, 9.17) is 5.73 Å². The molecule has 1 amide bonds. The Hall–Kier alpha value is -2.63. The Morgan fingerprint density at radius 2 is 2.15 bits per heavy atom. The van der Waals surface area contributed by atoms with Gasteiger partial charge < -0.3 is 10.6 Å². The number of H-pyrrole nitrogens is 1. The molecule has 102 valence electrons. The van der Waals surface area contributed by atoms with Crippen molar-refractivity contribution in [1.29, 1.82) is 0 Å². The SMILES string of the molecule is Nc1cccc2c1CN(C(=O)c1ccc(=O)[nH]n1)CC2. The van der Waals surface area contributed by atoms with Gasteiger partial charge in [0.25, 0.3) is 11.5 Å². The zero-order chi connectivity index (χ0) is 14.1. The summed E-state index contributed by atoms with van der Waals surface area (Å²) in [6.07, 6.45) is 0.773. The second kappa shape index (κ2) is 4.80. The van der Waals surface area contributed by atoms with E-state index in [2.05, 4.69) is 10.2 Å². The number of nitrogens with two attached hydrogens (primary N) is 1. The number of fused-ring (bicyclic) bond motifs is 1. The Labute approximate surface area is 115 Å². The predicted octanol–water partition coefficient (Wildman–Crippen LogP) is 0.551. The number of amides is 1. The number of benzene rings is 1. The van der Waals surface area contributed by atoms with Gasteiger partial charge in [0.1, 0.15) is 5.69 Å². The van der Waals surface area contributed by atoms with Crippen molar-refractivity contribution in [3.8, 4) is 0 Å². The van der Waals surface area contributed by atoms with E-state index in [-0.39, 0.29) is 17.2 Å². The zero-order valence-corrected chi connectivity index (χ0v) is 10.8. The number of carbonyl (C=O) groups excluding carboxylic acids is 1. The standard InChI is InChI=1S/C14H14N4O2/c15-11-3-1-2-9-6-7-18(8-10(9)11)14(20)12-4-5-13(19)17-16-12/h1-5H,6-8,15H2,(H,17,19). The summed E-state index contributed by atoms with van der Waals surface area (Å²) in [5, 5.41) is 6.04. The van der Waals surface area contributed by atoms with E-state index >= 15 is 0 Å². The minimum absolute atomic E-state index is 0.199. The first-order chi connectivity index (χ1) is 9.65. The largest absolute Gasteiger partial charge is 0.398 e. The topological polar surface area (TPSA) is 92.1 Å². The fourth-order valence-electron chi connectivity index (χ4n) is 2.41. The molecule has 0 atom stereocenters. The van der Waals surface area contributed by atoms with Crippen LogP contribution in [0.15, 0.2) is 35.1 Å². The van der Waals surface area contributed by atoms with E-state index in [0.717, 1.165) is 12.0 Å². The van der Waals surface area contributed by atoms with Crippen molar-refractivity contribution in [2.75, 3.05) is 12.3 Å². The van der Waals surface area contributed by atoms with Crippen molar-refractivity contribution in [2.45, 2.75) is 13.0 Å². The number of nitrogens with zero attached hydrogens (tertiary/aromatic N) is 2. The van der Waals surface area contributed by atoms with Gasteiger partial charge in [-0.15, -0.1) is 0 Å². The Kier molecular flexibility index (Phi) is 2.98. The van der Waals surface area contributed by atoms with Crippen molar-refractivity contribution in [3.63, 3.8) is 0 Å². The van der Waals surface area contributed by atoms with Gasteiger partial charge in [-0.3, -0.25) is 9.59 Å². The fraction of sp³-hybridized carbons (Fsp3) is 0.214. The number of aromatic amines is 1. The van der Waals surface area contributed by atoms with Crippen molar-refractivity contribution in [3.05, 3.63) is 57.5 Å². The molecule has 0 fully saturated rings. The summed E-state index contributed by atoms with van der Waals surface area (Å²) in [6.45, 7) is 1.09. The van der Waals surface area contributed by atoms with E-state index in [1.807, 2.05) is 18.2 Å². The first-order valence-electron chi connectivity index (χ1n) is 6.36. The lowest BCUT2D eigenvalue weighted by atomic mass is 9.98.